The van der Waals surface area contributed by atoms with Crippen molar-refractivity contribution in [3.8, 4) is 5.88 Å². The molecule has 0 unspecified atom stereocenters. The molecule has 1 heterocycles. The minimum absolute atomic E-state index is 0.00624. The Morgan fingerprint density at radius 3 is 2.80 bits per heavy atom. The molecule has 0 saturated heterocycles. The van der Waals surface area contributed by atoms with Gasteiger partial charge in [0, 0.05) is 5.92 Å². The summed E-state index contributed by atoms with van der Waals surface area (Å²) >= 11 is 0. The number of carbonyl (C=O) groups is 1. The van der Waals surface area contributed by atoms with Crippen LogP contribution in [0.15, 0.2) is 24.5 Å². The molecule has 0 bridgehead atoms. The number of fused-ring (bicyclic) bond motifs is 6. The van der Waals surface area contributed by atoms with Crippen LogP contribution in [0.25, 0.3) is 10.9 Å². The zero-order valence-electron chi connectivity index (χ0n) is 21.2. The number of benzene rings is 1. The summed E-state index contributed by atoms with van der Waals surface area (Å²) in [5, 5.41) is 0.520. The highest BCUT2D eigenvalue weighted by molar-refractivity contribution is 5.86. The van der Waals surface area contributed by atoms with Crippen molar-refractivity contribution in [1.82, 2.24) is 9.97 Å². The highest BCUT2D eigenvalue weighted by Gasteiger charge is 2.56. The number of ketones is 1. The molecule has 0 N–H and O–H groups in total. The average molecular weight is 479 g/mol. The summed E-state index contributed by atoms with van der Waals surface area (Å²) in [6, 6.07) is 4.76. The SMILES string of the molecule is C[C@H]1CC[C@H]2[C@H](CC[C@@H]3[C@@H]2CC[C@]2(C)[C@@H](C(=O)COc4ncnc5c(F)cccc45)CCC[C@@H]32)C1. The van der Waals surface area contributed by atoms with Crippen LogP contribution in [-0.4, -0.2) is 22.4 Å². The number of para-hydroxylation sites is 1. The Balaban J connectivity index is 1.18. The summed E-state index contributed by atoms with van der Waals surface area (Å²) in [5.74, 6) is 5.28. The third-order valence-electron chi connectivity index (χ3n) is 10.8. The van der Waals surface area contributed by atoms with Gasteiger partial charge in [-0.3, -0.25) is 4.79 Å². The van der Waals surface area contributed by atoms with Crippen LogP contribution < -0.4 is 4.74 Å². The van der Waals surface area contributed by atoms with E-state index in [2.05, 4.69) is 23.8 Å². The number of halogens is 1. The van der Waals surface area contributed by atoms with Gasteiger partial charge in [0.05, 0.1) is 5.39 Å². The first kappa shape index (κ1) is 23.4. The van der Waals surface area contributed by atoms with Crippen molar-refractivity contribution in [2.45, 2.75) is 78.1 Å². The fourth-order valence-corrected chi connectivity index (χ4v) is 9.20. The summed E-state index contributed by atoms with van der Waals surface area (Å²) < 4.78 is 20.1. The average Bonchev–Trinajstić information content (AvgIpc) is 2.86. The Hall–Kier alpha value is -2.04. The number of rotatable bonds is 4. The van der Waals surface area contributed by atoms with E-state index in [1.54, 1.807) is 12.1 Å². The molecule has 4 aliphatic rings. The van der Waals surface area contributed by atoms with Crippen molar-refractivity contribution < 1.29 is 13.9 Å². The number of carbonyl (C=O) groups excluding carboxylic acids is 1. The lowest BCUT2D eigenvalue weighted by atomic mass is 9.44. The molecule has 0 radical (unpaired) electrons. The lowest BCUT2D eigenvalue weighted by Gasteiger charge is -2.60. The highest BCUT2D eigenvalue weighted by atomic mass is 19.1. The molecule has 5 heteroatoms. The minimum Gasteiger partial charge on any atom is -0.469 e. The van der Waals surface area contributed by atoms with Crippen molar-refractivity contribution in [3.63, 3.8) is 0 Å². The first-order valence-corrected chi connectivity index (χ1v) is 14.0. The largest absolute Gasteiger partial charge is 0.469 e. The van der Waals surface area contributed by atoms with Crippen LogP contribution in [0.5, 0.6) is 5.88 Å². The van der Waals surface area contributed by atoms with Gasteiger partial charge in [-0.1, -0.05) is 32.8 Å². The summed E-state index contributed by atoms with van der Waals surface area (Å²) in [5.41, 5.74) is 0.315. The molecular formula is C30H39FN2O2. The standard InChI is InChI=1S/C30H39FN2O2/c1-18-9-11-20-19(15-18)10-12-22-21(20)13-14-30(2)24(22)6-4-7-25(30)27(34)16-35-29-23-5-3-8-26(31)28(23)32-17-33-29/h3,5,8,17-22,24-25H,4,6-7,9-16H2,1-2H3/t18-,19+,20-,21+,22+,24-,25+,30-/m0/s1. The van der Waals surface area contributed by atoms with E-state index in [0.717, 1.165) is 42.4 Å². The first-order valence-electron chi connectivity index (χ1n) is 14.0. The second-order valence-corrected chi connectivity index (χ2v) is 12.5. The van der Waals surface area contributed by atoms with Crippen LogP contribution in [0.1, 0.15) is 78.1 Å². The second kappa shape index (κ2) is 9.12. The third-order valence-corrected chi connectivity index (χ3v) is 10.8. The van der Waals surface area contributed by atoms with Gasteiger partial charge in [-0.15, -0.1) is 0 Å². The molecule has 4 nitrogen and oxygen atoms in total. The molecule has 4 fully saturated rings. The monoisotopic (exact) mass is 478 g/mol. The lowest BCUT2D eigenvalue weighted by molar-refractivity contribution is -0.146. The second-order valence-electron chi connectivity index (χ2n) is 12.5. The van der Waals surface area contributed by atoms with E-state index in [0.29, 0.717) is 17.2 Å². The maximum Gasteiger partial charge on any atom is 0.224 e. The lowest BCUT2D eigenvalue weighted by Crippen LogP contribution is -2.54. The molecule has 6 rings (SSSR count). The quantitative estimate of drug-likeness (QED) is 0.474. The van der Waals surface area contributed by atoms with Crippen LogP contribution in [0.4, 0.5) is 4.39 Å². The van der Waals surface area contributed by atoms with E-state index < -0.39 is 5.82 Å². The fraction of sp³-hybridized carbons (Fsp3) is 0.700. The van der Waals surface area contributed by atoms with Gasteiger partial charge in [0.2, 0.25) is 5.88 Å². The zero-order valence-corrected chi connectivity index (χ0v) is 21.2. The highest BCUT2D eigenvalue weighted by Crippen LogP contribution is 2.63. The number of ether oxygens (including phenoxy) is 1. The molecule has 0 spiro atoms. The normalized spacial score (nSPS) is 38.8. The fourth-order valence-electron chi connectivity index (χ4n) is 9.20. The van der Waals surface area contributed by atoms with Crippen molar-refractivity contribution in [1.29, 1.82) is 0 Å². The number of hydrogen-bond acceptors (Lipinski definition) is 4. The molecule has 1 aromatic carbocycles. The van der Waals surface area contributed by atoms with E-state index in [4.69, 9.17) is 4.74 Å². The zero-order chi connectivity index (χ0) is 24.2. The summed E-state index contributed by atoms with van der Waals surface area (Å²) in [6.07, 6.45) is 14.2. The van der Waals surface area contributed by atoms with E-state index in [1.165, 1.54) is 63.8 Å². The summed E-state index contributed by atoms with van der Waals surface area (Å²) in [7, 11) is 0. The molecule has 0 aliphatic heterocycles. The van der Waals surface area contributed by atoms with Crippen molar-refractivity contribution in [2.24, 2.45) is 46.8 Å². The van der Waals surface area contributed by atoms with Gasteiger partial charge in [-0.25, -0.2) is 14.4 Å². The van der Waals surface area contributed by atoms with Gasteiger partial charge in [-0.05, 0) is 104 Å². The van der Waals surface area contributed by atoms with Crippen LogP contribution in [-0.2, 0) is 4.79 Å². The predicted octanol–water partition coefficient (Wildman–Crippen LogP) is 7.01. The van der Waals surface area contributed by atoms with E-state index in [1.807, 2.05) is 0 Å². The smallest absolute Gasteiger partial charge is 0.224 e. The van der Waals surface area contributed by atoms with Crippen LogP contribution in [0, 0.1) is 52.7 Å². The molecule has 35 heavy (non-hydrogen) atoms. The van der Waals surface area contributed by atoms with Crippen molar-refractivity contribution in [3.05, 3.63) is 30.3 Å². The first-order chi connectivity index (χ1) is 17.0. The van der Waals surface area contributed by atoms with Crippen LogP contribution in [0.2, 0.25) is 0 Å². The summed E-state index contributed by atoms with van der Waals surface area (Å²) in [6.45, 7) is 4.87. The predicted molar refractivity (Wildman–Crippen MR) is 134 cm³/mol. The Kier molecular flexibility index (Phi) is 6.09. The van der Waals surface area contributed by atoms with Crippen molar-refractivity contribution >= 4 is 16.7 Å². The molecule has 4 aliphatic carbocycles. The Bertz CT molecular complexity index is 1100. The number of nitrogens with zero attached hydrogens (tertiary/aromatic N) is 2. The van der Waals surface area contributed by atoms with Crippen LogP contribution >= 0.6 is 0 Å². The van der Waals surface area contributed by atoms with Crippen molar-refractivity contribution in [2.75, 3.05) is 6.61 Å². The van der Waals surface area contributed by atoms with Gasteiger partial charge < -0.3 is 4.74 Å². The minimum atomic E-state index is -0.400. The molecule has 0 amide bonds. The number of Topliss-reactive ketones (excluding diaryl/α,β-unsaturated/α-hetero) is 1. The number of hydrogen-bond donors (Lipinski definition) is 0. The van der Waals surface area contributed by atoms with Gasteiger partial charge in [0.15, 0.2) is 5.78 Å². The molecule has 188 valence electrons. The maximum atomic E-state index is 14.1. The van der Waals surface area contributed by atoms with E-state index >= 15 is 0 Å². The molecule has 4 saturated carbocycles. The molecule has 2 aromatic rings. The Morgan fingerprint density at radius 2 is 1.91 bits per heavy atom. The molecule has 1 aromatic heterocycles. The van der Waals surface area contributed by atoms with Gasteiger partial charge in [0.1, 0.15) is 24.3 Å². The molecule has 8 atom stereocenters. The van der Waals surface area contributed by atoms with E-state index in [9.17, 15) is 9.18 Å². The van der Waals surface area contributed by atoms with Gasteiger partial charge in [0.25, 0.3) is 0 Å². The van der Waals surface area contributed by atoms with Crippen LogP contribution in [0.3, 0.4) is 0 Å². The maximum absolute atomic E-state index is 14.1. The van der Waals surface area contributed by atoms with E-state index in [-0.39, 0.29) is 29.2 Å². The van der Waals surface area contributed by atoms with Gasteiger partial charge in [-0.2, -0.15) is 0 Å². The molecular weight excluding hydrogens is 439 g/mol. The summed E-state index contributed by atoms with van der Waals surface area (Å²) in [4.78, 5) is 21.9. The Labute approximate surface area is 208 Å². The van der Waals surface area contributed by atoms with Gasteiger partial charge >= 0.3 is 0 Å². The number of aromatic nitrogens is 2. The topological polar surface area (TPSA) is 52.1 Å². The third kappa shape index (κ3) is 3.97. The Morgan fingerprint density at radius 1 is 1.06 bits per heavy atom.